The van der Waals surface area contributed by atoms with Gasteiger partial charge in [-0.15, -0.1) is 0 Å². The predicted octanol–water partition coefficient (Wildman–Crippen LogP) is 4.21. The Balaban J connectivity index is 1.91. The minimum absolute atomic E-state index is 0.154. The summed E-state index contributed by atoms with van der Waals surface area (Å²) in [5.74, 6) is -0.154. The second-order valence-electron chi connectivity index (χ2n) is 6.60. The molecule has 0 saturated carbocycles. The van der Waals surface area contributed by atoms with Gasteiger partial charge in [0.25, 0.3) is 5.91 Å². The van der Waals surface area contributed by atoms with Gasteiger partial charge in [0.15, 0.2) is 0 Å². The first-order valence-electron chi connectivity index (χ1n) is 8.70. The van der Waals surface area contributed by atoms with Crippen molar-refractivity contribution in [2.24, 2.45) is 0 Å². The number of amides is 1. The molecule has 4 rings (SSSR count). The zero-order valence-corrected chi connectivity index (χ0v) is 16.0. The first-order valence-corrected chi connectivity index (χ1v) is 10.6. The third-order valence-electron chi connectivity index (χ3n) is 4.43. The smallest absolute Gasteiger partial charge is 0.256 e. The first-order chi connectivity index (χ1) is 13.4. The largest absolute Gasteiger partial charge is 0.321 e. The third-order valence-corrected chi connectivity index (χ3v) is 5.03. The van der Waals surface area contributed by atoms with E-state index in [1.807, 2.05) is 54.6 Å². The lowest BCUT2D eigenvalue weighted by Gasteiger charge is -2.11. The molecule has 0 atom stereocenters. The van der Waals surface area contributed by atoms with Gasteiger partial charge < -0.3 is 5.32 Å². The molecule has 3 aromatic carbocycles. The average Bonchev–Trinajstić information content (AvgIpc) is 2.76. The summed E-state index contributed by atoms with van der Waals surface area (Å²) in [5.41, 5.74) is 5.26. The third kappa shape index (κ3) is 3.68. The molecule has 0 unspecified atom stereocenters. The van der Waals surface area contributed by atoms with Gasteiger partial charge in [0.05, 0.1) is 6.26 Å². The highest BCUT2D eigenvalue weighted by Crippen LogP contribution is 2.36. The van der Waals surface area contributed by atoms with Crippen LogP contribution in [0.5, 0.6) is 0 Å². The van der Waals surface area contributed by atoms with Gasteiger partial charge in [-0.25, -0.2) is 8.42 Å². The lowest BCUT2D eigenvalue weighted by molar-refractivity contribution is 0.102. The van der Waals surface area contributed by atoms with E-state index in [0.717, 1.165) is 34.2 Å². The van der Waals surface area contributed by atoms with Gasteiger partial charge in [-0.05, 0) is 47.0 Å². The Kier molecular flexibility index (Phi) is 4.49. The molecule has 0 aromatic heterocycles. The minimum Gasteiger partial charge on any atom is -0.321 e. The van der Waals surface area contributed by atoms with Crippen molar-refractivity contribution in [3.05, 3.63) is 95.1 Å². The Hall–Kier alpha value is -3.38. The molecule has 6 heteroatoms. The lowest BCUT2D eigenvalue weighted by Crippen LogP contribution is -2.11. The number of benzene rings is 3. The van der Waals surface area contributed by atoms with Gasteiger partial charge >= 0.3 is 0 Å². The second-order valence-corrected chi connectivity index (χ2v) is 8.35. The van der Waals surface area contributed by atoms with Crippen LogP contribution in [0.4, 0.5) is 11.4 Å². The summed E-state index contributed by atoms with van der Waals surface area (Å²) in [6, 6.07) is 22.2. The van der Waals surface area contributed by atoms with E-state index in [4.69, 9.17) is 0 Å². The highest BCUT2D eigenvalue weighted by molar-refractivity contribution is 7.92. The van der Waals surface area contributed by atoms with Crippen molar-refractivity contribution in [2.75, 3.05) is 16.3 Å². The summed E-state index contributed by atoms with van der Waals surface area (Å²) in [6.07, 6.45) is 3.08. The number of carbonyl (C=O) groups is 1. The molecule has 1 aliphatic heterocycles. The van der Waals surface area contributed by atoms with Crippen LogP contribution in [0.2, 0.25) is 0 Å². The molecular formula is C22H18N2O3S. The predicted molar refractivity (Wildman–Crippen MR) is 113 cm³/mol. The molecule has 0 spiro atoms. The number of sulfonamides is 1. The van der Waals surface area contributed by atoms with Crippen LogP contribution >= 0.6 is 0 Å². The summed E-state index contributed by atoms with van der Waals surface area (Å²) < 4.78 is 25.6. The summed E-state index contributed by atoms with van der Waals surface area (Å²) in [5, 5.41) is 2.97. The zero-order chi connectivity index (χ0) is 19.7. The summed E-state index contributed by atoms with van der Waals surface area (Å²) in [6.45, 7) is 0. The maximum absolute atomic E-state index is 12.7. The van der Waals surface area contributed by atoms with Crippen LogP contribution in [-0.2, 0) is 10.0 Å². The molecule has 2 N–H and O–H groups in total. The highest BCUT2D eigenvalue weighted by atomic mass is 32.2. The van der Waals surface area contributed by atoms with Crippen LogP contribution in [0, 0.1) is 0 Å². The van der Waals surface area contributed by atoms with Crippen LogP contribution in [-0.4, -0.2) is 20.6 Å². The Morgan fingerprint density at radius 3 is 2.29 bits per heavy atom. The number of hydrogen-bond acceptors (Lipinski definition) is 3. The molecule has 1 heterocycles. The standard InChI is InChI=1S/C22H18N2O3S/c1-28(26,27)24-16-8-6-7-15(13-16)14-20-17-9-2-3-11-19(17)22(25)23-21-12-5-4-10-18(20)21/h2-14,24H,1H3,(H,23,25)/b20-14+. The number of fused-ring (bicyclic) bond motifs is 2. The topological polar surface area (TPSA) is 75.3 Å². The van der Waals surface area contributed by atoms with Crippen LogP contribution in [0.3, 0.4) is 0 Å². The van der Waals surface area contributed by atoms with Crippen molar-refractivity contribution in [2.45, 2.75) is 0 Å². The zero-order valence-electron chi connectivity index (χ0n) is 15.1. The molecule has 1 aliphatic rings. The summed E-state index contributed by atoms with van der Waals surface area (Å²) >= 11 is 0. The quantitative estimate of drug-likeness (QED) is 0.703. The molecule has 0 bridgehead atoms. The summed E-state index contributed by atoms with van der Waals surface area (Å²) in [4.78, 5) is 12.7. The maximum Gasteiger partial charge on any atom is 0.256 e. The molecular weight excluding hydrogens is 372 g/mol. The van der Waals surface area contributed by atoms with Crippen molar-refractivity contribution < 1.29 is 13.2 Å². The number of rotatable bonds is 3. The van der Waals surface area contributed by atoms with Crippen molar-refractivity contribution in [3.63, 3.8) is 0 Å². The number of anilines is 2. The molecule has 1 amide bonds. The lowest BCUT2D eigenvalue weighted by atomic mass is 9.92. The molecule has 5 nitrogen and oxygen atoms in total. The van der Waals surface area contributed by atoms with Gasteiger partial charge in [0.2, 0.25) is 10.0 Å². The Bertz CT molecular complexity index is 1210. The fourth-order valence-electron chi connectivity index (χ4n) is 3.31. The number of para-hydroxylation sites is 1. The van der Waals surface area contributed by atoms with E-state index in [1.165, 1.54) is 0 Å². The Morgan fingerprint density at radius 2 is 1.54 bits per heavy atom. The van der Waals surface area contributed by atoms with Crippen LogP contribution < -0.4 is 10.0 Å². The molecule has 0 saturated heterocycles. The van der Waals surface area contributed by atoms with Crippen molar-refractivity contribution in [3.8, 4) is 0 Å². The fraction of sp³-hybridized carbons (Fsp3) is 0.0455. The van der Waals surface area contributed by atoms with Gasteiger partial charge in [-0.2, -0.15) is 0 Å². The molecule has 3 aromatic rings. The van der Waals surface area contributed by atoms with E-state index < -0.39 is 10.0 Å². The van der Waals surface area contributed by atoms with E-state index >= 15 is 0 Å². The van der Waals surface area contributed by atoms with E-state index in [1.54, 1.807) is 24.3 Å². The highest BCUT2D eigenvalue weighted by Gasteiger charge is 2.22. The molecule has 140 valence electrons. The van der Waals surface area contributed by atoms with Crippen LogP contribution in [0.15, 0.2) is 72.8 Å². The molecule has 28 heavy (non-hydrogen) atoms. The Morgan fingerprint density at radius 1 is 0.857 bits per heavy atom. The minimum atomic E-state index is -3.36. The summed E-state index contributed by atoms with van der Waals surface area (Å²) in [7, 11) is -3.36. The van der Waals surface area contributed by atoms with Gasteiger partial charge in [-0.1, -0.05) is 48.5 Å². The average molecular weight is 390 g/mol. The van der Waals surface area contributed by atoms with E-state index in [0.29, 0.717) is 11.3 Å². The monoisotopic (exact) mass is 390 g/mol. The second kappa shape index (κ2) is 6.98. The van der Waals surface area contributed by atoms with E-state index in [9.17, 15) is 13.2 Å². The normalized spacial score (nSPS) is 14.6. The molecule has 0 radical (unpaired) electrons. The fourth-order valence-corrected chi connectivity index (χ4v) is 3.86. The maximum atomic E-state index is 12.7. The first kappa shape index (κ1) is 18.0. The van der Waals surface area contributed by atoms with Crippen molar-refractivity contribution in [1.29, 1.82) is 0 Å². The van der Waals surface area contributed by atoms with Gasteiger partial charge in [0.1, 0.15) is 0 Å². The van der Waals surface area contributed by atoms with Crippen LogP contribution in [0.1, 0.15) is 27.0 Å². The molecule has 0 fully saturated rings. The van der Waals surface area contributed by atoms with Gasteiger partial charge in [0, 0.05) is 22.5 Å². The van der Waals surface area contributed by atoms with E-state index in [2.05, 4.69) is 10.0 Å². The van der Waals surface area contributed by atoms with E-state index in [-0.39, 0.29) is 5.91 Å². The van der Waals surface area contributed by atoms with Crippen LogP contribution in [0.25, 0.3) is 11.6 Å². The Labute approximate surface area is 163 Å². The van der Waals surface area contributed by atoms with Crippen molar-refractivity contribution >= 4 is 39.0 Å². The molecule has 0 aliphatic carbocycles. The number of carbonyl (C=O) groups excluding carboxylic acids is 1. The number of hydrogen-bond donors (Lipinski definition) is 2. The SMILES string of the molecule is CS(=O)(=O)Nc1cccc(/C=C2/c3ccccc3NC(=O)c3ccccc32)c1. The van der Waals surface area contributed by atoms with Gasteiger partial charge in [-0.3, -0.25) is 9.52 Å². The van der Waals surface area contributed by atoms with Crippen molar-refractivity contribution in [1.82, 2.24) is 0 Å². The number of nitrogens with one attached hydrogen (secondary N) is 2.